The van der Waals surface area contributed by atoms with Gasteiger partial charge in [0.2, 0.25) is 6.71 Å². The second-order valence-corrected chi connectivity index (χ2v) is 16.1. The number of nitrogens with zero attached hydrogens (tertiary/aromatic N) is 2. The summed E-state index contributed by atoms with van der Waals surface area (Å²) in [6, 6.07) is 58.9. The minimum atomic E-state index is -4.60. The molecule has 0 fully saturated rings. The number of halogens is 3. The first-order valence-corrected chi connectivity index (χ1v) is 20.0. The molecule has 0 aliphatic carbocycles. The Labute approximate surface area is 333 Å². The second kappa shape index (κ2) is 12.1. The van der Waals surface area contributed by atoms with E-state index >= 15 is 13.2 Å². The fraction of sp³-hybridized carbons (Fsp3) is 0.0204. The summed E-state index contributed by atoms with van der Waals surface area (Å²) in [6.07, 6.45) is -4.60. The maximum atomic E-state index is 15.4. The zero-order valence-electron chi connectivity index (χ0n) is 30.3. The van der Waals surface area contributed by atoms with Crippen LogP contribution in [0.15, 0.2) is 186 Å². The van der Waals surface area contributed by atoms with Crippen LogP contribution in [0.5, 0.6) is 0 Å². The highest BCUT2D eigenvalue weighted by atomic mass is 32.2. The van der Waals surface area contributed by atoms with Gasteiger partial charge in [0.25, 0.3) is 6.71 Å². The van der Waals surface area contributed by atoms with Crippen LogP contribution < -0.4 is 42.6 Å². The number of rotatable bonds is 3. The Morgan fingerprint density at radius 3 is 1.53 bits per heavy atom. The van der Waals surface area contributed by atoms with Crippen LogP contribution in [0.3, 0.4) is 0 Å². The van der Waals surface area contributed by atoms with Crippen LogP contribution in [0.4, 0.5) is 47.3 Å². The average molecular weight is 756 g/mol. The topological polar surface area (TPSA) is 6.48 Å². The highest BCUT2D eigenvalue weighted by Gasteiger charge is 2.52. The first kappa shape index (κ1) is 32.8. The van der Waals surface area contributed by atoms with Crippen LogP contribution in [0, 0.1) is 0 Å². The number of fused-ring (bicyclic) bond motifs is 10. The Balaban J connectivity index is 1.33. The van der Waals surface area contributed by atoms with E-state index in [0.717, 1.165) is 76.9 Å². The van der Waals surface area contributed by atoms with Gasteiger partial charge in [0.05, 0.1) is 16.9 Å². The van der Waals surface area contributed by atoms with Gasteiger partial charge in [-0.05, 0) is 80.4 Å². The molecule has 4 aliphatic heterocycles. The molecule has 0 N–H and O–H groups in total. The molecule has 8 aromatic rings. The molecule has 0 unspecified atom stereocenters. The molecule has 8 aromatic carbocycles. The molecule has 2 nitrogen and oxygen atoms in total. The molecule has 0 atom stereocenters. The monoisotopic (exact) mass is 756 g/mol. The largest absolute Gasteiger partial charge is 0.418 e. The third-order valence-electron chi connectivity index (χ3n) is 12.1. The van der Waals surface area contributed by atoms with Gasteiger partial charge in [0.15, 0.2) is 0 Å². The van der Waals surface area contributed by atoms with Crippen LogP contribution in [0.25, 0.3) is 22.3 Å². The molecule has 0 saturated carbocycles. The Hall–Kier alpha value is -6.37. The molecule has 4 aliphatic rings. The number of alkyl halides is 3. The molecule has 0 bridgehead atoms. The smallest absolute Gasteiger partial charge is 0.312 e. The Bertz CT molecular complexity index is 2970. The van der Waals surface area contributed by atoms with Crippen molar-refractivity contribution in [2.24, 2.45) is 0 Å². The van der Waals surface area contributed by atoms with E-state index in [9.17, 15) is 0 Å². The molecule has 4 heterocycles. The third-order valence-corrected chi connectivity index (χ3v) is 13.4. The summed E-state index contributed by atoms with van der Waals surface area (Å²) < 4.78 is 46.1. The normalized spacial score (nSPS) is 14.0. The lowest BCUT2D eigenvalue weighted by Gasteiger charge is -2.50. The molecular weight excluding hydrogens is 727 g/mol. The predicted octanol–water partition coefficient (Wildman–Crippen LogP) is 9.42. The maximum Gasteiger partial charge on any atom is 0.418 e. The molecular formula is C49H29B2F3N2S. The zero-order chi connectivity index (χ0) is 38.0. The maximum absolute atomic E-state index is 15.4. The number of hydrogen-bond acceptors (Lipinski definition) is 3. The summed E-state index contributed by atoms with van der Waals surface area (Å²) in [5, 5.41) is 0. The van der Waals surface area contributed by atoms with E-state index < -0.39 is 11.7 Å². The summed E-state index contributed by atoms with van der Waals surface area (Å²) >= 11 is 1.74. The van der Waals surface area contributed by atoms with Gasteiger partial charge in [-0.15, -0.1) is 0 Å². The Morgan fingerprint density at radius 1 is 0.421 bits per heavy atom. The van der Waals surface area contributed by atoms with Gasteiger partial charge < -0.3 is 9.80 Å². The van der Waals surface area contributed by atoms with Gasteiger partial charge in [-0.25, -0.2) is 0 Å². The molecule has 0 aromatic heterocycles. The van der Waals surface area contributed by atoms with E-state index in [1.165, 1.54) is 28.5 Å². The molecule has 0 amide bonds. The number of benzene rings is 8. The standard InChI is InChI=1S/C49H29B2F3N2S/c52-49(53,54)33-20-6-11-25-38(33)55-39-26-12-7-21-34(39)50-35-22-8-13-27-40(35)56-41-28-14-9-23-36(41)51-37-24-10-15-29-42(37)57-48-43(46(55)44(50)47(56)45(48)51)32-19-5-4-18-31(32)30-16-2-1-3-17-30/h1-29H. The van der Waals surface area contributed by atoms with Gasteiger partial charge >= 0.3 is 6.18 Å². The van der Waals surface area contributed by atoms with Crippen molar-refractivity contribution in [1.29, 1.82) is 0 Å². The van der Waals surface area contributed by atoms with Crippen molar-refractivity contribution in [1.82, 2.24) is 0 Å². The molecule has 0 radical (unpaired) electrons. The number of hydrogen-bond donors (Lipinski definition) is 0. The summed E-state index contributed by atoms with van der Waals surface area (Å²) in [5.41, 5.74) is 15.0. The number of para-hydroxylation sites is 4. The molecule has 0 spiro atoms. The van der Waals surface area contributed by atoms with E-state index in [0.29, 0.717) is 0 Å². The third kappa shape index (κ3) is 4.53. The predicted molar refractivity (Wildman–Crippen MR) is 232 cm³/mol. The number of anilines is 6. The van der Waals surface area contributed by atoms with Crippen LogP contribution in [-0.2, 0) is 6.18 Å². The lowest BCUT2D eigenvalue weighted by molar-refractivity contribution is -0.137. The van der Waals surface area contributed by atoms with Gasteiger partial charge in [-0.2, -0.15) is 13.2 Å². The fourth-order valence-electron chi connectivity index (χ4n) is 10.0. The summed E-state index contributed by atoms with van der Waals surface area (Å²) in [7, 11) is 0. The quantitative estimate of drug-likeness (QED) is 0.166. The minimum absolute atomic E-state index is 0.0909. The van der Waals surface area contributed by atoms with Crippen molar-refractivity contribution in [2.45, 2.75) is 16.0 Å². The van der Waals surface area contributed by atoms with Crippen molar-refractivity contribution in [3.05, 3.63) is 181 Å². The van der Waals surface area contributed by atoms with E-state index in [1.807, 2.05) is 41.3 Å². The average Bonchev–Trinajstić information content (AvgIpc) is 3.26. The van der Waals surface area contributed by atoms with Crippen molar-refractivity contribution >= 4 is 92.1 Å². The molecule has 57 heavy (non-hydrogen) atoms. The van der Waals surface area contributed by atoms with E-state index in [-0.39, 0.29) is 19.1 Å². The van der Waals surface area contributed by atoms with E-state index in [1.54, 1.807) is 23.9 Å². The van der Waals surface area contributed by atoms with Crippen LogP contribution >= 0.6 is 11.8 Å². The minimum Gasteiger partial charge on any atom is -0.312 e. The van der Waals surface area contributed by atoms with Crippen molar-refractivity contribution < 1.29 is 13.2 Å². The lowest BCUT2D eigenvalue weighted by atomic mass is 9.29. The second-order valence-electron chi connectivity index (χ2n) is 15.0. The van der Waals surface area contributed by atoms with Gasteiger partial charge in [-0.1, -0.05) is 157 Å². The van der Waals surface area contributed by atoms with E-state index in [2.05, 4.69) is 120 Å². The van der Waals surface area contributed by atoms with Gasteiger partial charge in [0, 0.05) is 38.1 Å². The highest BCUT2D eigenvalue weighted by Crippen LogP contribution is 2.55. The molecule has 8 heteroatoms. The van der Waals surface area contributed by atoms with Gasteiger partial charge in [-0.3, -0.25) is 0 Å². The summed E-state index contributed by atoms with van der Waals surface area (Å²) in [6.45, 7) is -0.333. The lowest BCUT2D eigenvalue weighted by Crippen LogP contribution is -2.68. The van der Waals surface area contributed by atoms with Crippen molar-refractivity contribution in [2.75, 3.05) is 9.80 Å². The highest BCUT2D eigenvalue weighted by molar-refractivity contribution is 8.00. The Morgan fingerprint density at radius 2 is 0.895 bits per heavy atom. The summed E-state index contributed by atoms with van der Waals surface area (Å²) in [5.74, 6) is 0. The van der Waals surface area contributed by atoms with Crippen molar-refractivity contribution in [3.63, 3.8) is 0 Å². The van der Waals surface area contributed by atoms with E-state index in [4.69, 9.17) is 0 Å². The first-order chi connectivity index (χ1) is 28.0. The van der Waals surface area contributed by atoms with Gasteiger partial charge in [0.1, 0.15) is 0 Å². The SMILES string of the molecule is FC(F)(F)c1ccccc1N1c2ccccc2B2c3ccccc3N3c4ccccc4B4c5ccccc5Sc5c4c3c2c1c5-c1ccccc1-c1ccccc1. The Kier molecular flexibility index (Phi) is 6.95. The first-order valence-electron chi connectivity index (χ1n) is 19.2. The van der Waals surface area contributed by atoms with Crippen molar-refractivity contribution in [3.8, 4) is 22.3 Å². The zero-order valence-corrected chi connectivity index (χ0v) is 31.2. The van der Waals surface area contributed by atoms with Crippen LogP contribution in [0.2, 0.25) is 0 Å². The summed E-state index contributed by atoms with van der Waals surface area (Å²) in [4.78, 5) is 6.58. The molecule has 268 valence electrons. The molecule has 0 saturated heterocycles. The fourth-order valence-corrected chi connectivity index (χ4v) is 11.3. The molecule has 12 rings (SSSR count). The van der Waals surface area contributed by atoms with Crippen LogP contribution in [-0.4, -0.2) is 13.4 Å². The van der Waals surface area contributed by atoms with Crippen LogP contribution in [0.1, 0.15) is 5.56 Å².